The number of hydrogen-bond acceptors (Lipinski definition) is 6. The lowest BCUT2D eigenvalue weighted by molar-refractivity contribution is 0.0904. The van der Waals surface area contributed by atoms with E-state index in [4.69, 9.17) is 9.72 Å². The van der Waals surface area contributed by atoms with Crippen LogP contribution in [0.1, 0.15) is 60.3 Å². The van der Waals surface area contributed by atoms with Crippen LogP contribution in [0.5, 0.6) is 0 Å². The topological polar surface area (TPSA) is 81.1 Å². The highest BCUT2D eigenvalue weighted by Gasteiger charge is 2.22. The molecule has 1 aromatic carbocycles. The van der Waals surface area contributed by atoms with Crippen molar-refractivity contribution in [1.82, 2.24) is 20.1 Å². The van der Waals surface area contributed by atoms with Crippen LogP contribution in [0.25, 0.3) is 11.0 Å². The van der Waals surface area contributed by atoms with Crippen molar-refractivity contribution in [2.24, 2.45) is 0 Å². The van der Waals surface area contributed by atoms with Gasteiger partial charge in [0.2, 0.25) is 0 Å². The van der Waals surface area contributed by atoms with Gasteiger partial charge < -0.3 is 15.4 Å². The summed E-state index contributed by atoms with van der Waals surface area (Å²) in [5.41, 5.74) is 6.02. The molecule has 0 saturated carbocycles. The van der Waals surface area contributed by atoms with Gasteiger partial charge in [-0.15, -0.1) is 11.8 Å². The monoisotopic (exact) mass is 479 g/mol. The number of aryl methyl sites for hydroxylation is 3. The summed E-state index contributed by atoms with van der Waals surface area (Å²) in [5.74, 6) is 1.12. The summed E-state index contributed by atoms with van der Waals surface area (Å²) in [4.78, 5) is 19.4. The number of benzene rings is 1. The summed E-state index contributed by atoms with van der Waals surface area (Å²) in [7, 11) is 0. The molecule has 0 unspecified atom stereocenters. The second-order valence-electron chi connectivity index (χ2n) is 8.95. The van der Waals surface area contributed by atoms with Gasteiger partial charge in [0.15, 0.2) is 5.65 Å². The van der Waals surface area contributed by atoms with Crippen LogP contribution < -0.4 is 10.6 Å². The Kier molecular flexibility index (Phi) is 7.06. The number of amides is 1. The van der Waals surface area contributed by atoms with Crippen LogP contribution in [0.3, 0.4) is 0 Å². The summed E-state index contributed by atoms with van der Waals surface area (Å²) in [6, 6.07) is 6.44. The van der Waals surface area contributed by atoms with E-state index in [-0.39, 0.29) is 5.91 Å². The lowest BCUT2D eigenvalue weighted by Gasteiger charge is -2.26. The summed E-state index contributed by atoms with van der Waals surface area (Å²) in [5, 5.41) is 12.5. The van der Waals surface area contributed by atoms with Crippen LogP contribution in [0, 0.1) is 0 Å². The summed E-state index contributed by atoms with van der Waals surface area (Å²) >= 11 is 1.88. The van der Waals surface area contributed by atoms with E-state index in [9.17, 15) is 4.79 Å². The molecule has 7 nitrogen and oxygen atoms in total. The maximum atomic E-state index is 13.1. The van der Waals surface area contributed by atoms with E-state index < -0.39 is 0 Å². The third-order valence-corrected chi connectivity index (χ3v) is 7.97. The fourth-order valence-electron chi connectivity index (χ4n) is 4.87. The molecule has 2 aromatic heterocycles. The Morgan fingerprint density at radius 2 is 2.12 bits per heavy atom. The van der Waals surface area contributed by atoms with Crippen molar-refractivity contribution >= 4 is 34.4 Å². The first-order chi connectivity index (χ1) is 16.7. The molecule has 1 amide bonds. The van der Waals surface area contributed by atoms with Crippen molar-refractivity contribution in [2.75, 3.05) is 24.3 Å². The van der Waals surface area contributed by atoms with Gasteiger partial charge in [-0.1, -0.05) is 6.92 Å². The number of thioether (sulfide) groups is 1. The largest absolute Gasteiger partial charge is 0.381 e. The summed E-state index contributed by atoms with van der Waals surface area (Å²) in [6.45, 7) is 6.93. The number of nitrogens with zero attached hydrogens (tertiary/aromatic N) is 3. The highest BCUT2D eigenvalue weighted by molar-refractivity contribution is 7.99. The van der Waals surface area contributed by atoms with Crippen molar-refractivity contribution in [3.8, 4) is 0 Å². The quantitative estimate of drug-likeness (QED) is 0.517. The molecule has 8 heteroatoms. The SMILES string of the molecule is CCc1nc2c(cnn2CC)c(NC2CCOCC2)c1CNC(=O)c1ccc2c(c1)CCCS2. The molecule has 0 bridgehead atoms. The minimum Gasteiger partial charge on any atom is -0.381 e. The van der Waals surface area contributed by atoms with E-state index in [1.165, 1.54) is 16.9 Å². The fraction of sp³-hybridized carbons (Fsp3) is 0.500. The van der Waals surface area contributed by atoms with Gasteiger partial charge in [0.25, 0.3) is 5.91 Å². The maximum Gasteiger partial charge on any atom is 0.251 e. The molecule has 2 aliphatic rings. The zero-order valence-electron chi connectivity index (χ0n) is 20.0. The number of carbonyl (C=O) groups is 1. The average Bonchev–Trinajstić information content (AvgIpc) is 3.30. The normalized spacial score (nSPS) is 16.4. The highest BCUT2D eigenvalue weighted by Crippen LogP contribution is 2.32. The fourth-order valence-corrected chi connectivity index (χ4v) is 5.89. The van der Waals surface area contributed by atoms with Crippen molar-refractivity contribution in [1.29, 1.82) is 0 Å². The molecule has 180 valence electrons. The van der Waals surface area contributed by atoms with Crippen LogP contribution in [0.2, 0.25) is 0 Å². The van der Waals surface area contributed by atoms with Gasteiger partial charge >= 0.3 is 0 Å². The van der Waals surface area contributed by atoms with Gasteiger partial charge in [0.05, 0.1) is 17.3 Å². The van der Waals surface area contributed by atoms with Crippen molar-refractivity contribution in [2.45, 2.75) is 70.0 Å². The molecule has 2 aliphatic heterocycles. The summed E-state index contributed by atoms with van der Waals surface area (Å²) in [6.07, 6.45) is 6.83. The average molecular weight is 480 g/mol. The zero-order valence-corrected chi connectivity index (χ0v) is 20.8. The first-order valence-electron chi connectivity index (χ1n) is 12.4. The first kappa shape index (κ1) is 23.2. The van der Waals surface area contributed by atoms with Gasteiger partial charge in [-0.25, -0.2) is 9.67 Å². The van der Waals surface area contributed by atoms with E-state index in [1.54, 1.807) is 0 Å². The third-order valence-electron chi connectivity index (χ3n) is 6.77. The molecular weight excluding hydrogens is 446 g/mol. The van der Waals surface area contributed by atoms with Gasteiger partial charge in [-0.3, -0.25) is 4.79 Å². The second-order valence-corrected chi connectivity index (χ2v) is 10.1. The zero-order chi connectivity index (χ0) is 23.5. The number of carbonyl (C=O) groups excluding carboxylic acids is 1. The molecule has 34 heavy (non-hydrogen) atoms. The third kappa shape index (κ3) is 4.66. The highest BCUT2D eigenvalue weighted by atomic mass is 32.2. The van der Waals surface area contributed by atoms with Crippen molar-refractivity contribution in [3.63, 3.8) is 0 Å². The van der Waals surface area contributed by atoms with E-state index in [0.29, 0.717) is 12.6 Å². The predicted molar refractivity (Wildman–Crippen MR) is 137 cm³/mol. The molecule has 0 atom stereocenters. The van der Waals surface area contributed by atoms with Gasteiger partial charge in [-0.2, -0.15) is 5.10 Å². The maximum absolute atomic E-state index is 13.1. The van der Waals surface area contributed by atoms with Crippen molar-refractivity contribution in [3.05, 3.63) is 46.8 Å². The molecule has 4 heterocycles. The Labute approximate surface area is 205 Å². The Hall–Kier alpha value is -2.58. The Balaban J connectivity index is 1.45. The number of nitrogens with one attached hydrogen (secondary N) is 2. The van der Waals surface area contributed by atoms with E-state index >= 15 is 0 Å². The smallest absolute Gasteiger partial charge is 0.251 e. The lowest BCUT2D eigenvalue weighted by atomic mass is 10.0. The second kappa shape index (κ2) is 10.4. The number of anilines is 1. The standard InChI is InChI=1S/C26H33N5O2S/c1-3-22-20(15-27-26(32)18-7-8-23-17(14-18)6-5-13-34-23)24(29-19-9-11-33-12-10-19)21-16-28-31(4-2)25(21)30-22/h7-8,14,16,19H,3-6,9-13,15H2,1-2H3,(H,27,32)(H,29,30). The van der Waals surface area contributed by atoms with E-state index in [1.807, 2.05) is 28.7 Å². The number of pyridine rings is 1. The van der Waals surface area contributed by atoms with Crippen LogP contribution in [0.4, 0.5) is 5.69 Å². The molecule has 5 rings (SSSR count). The summed E-state index contributed by atoms with van der Waals surface area (Å²) < 4.78 is 7.50. The minimum absolute atomic E-state index is 0.0400. The van der Waals surface area contributed by atoms with Crippen LogP contribution in [0.15, 0.2) is 29.3 Å². The molecule has 0 radical (unpaired) electrons. The van der Waals surface area contributed by atoms with Gasteiger partial charge in [-0.05, 0) is 68.5 Å². The Morgan fingerprint density at radius 1 is 1.26 bits per heavy atom. The molecule has 2 N–H and O–H groups in total. The van der Waals surface area contributed by atoms with E-state index in [2.05, 4.69) is 41.7 Å². The number of hydrogen-bond donors (Lipinski definition) is 2. The molecule has 0 aliphatic carbocycles. The Morgan fingerprint density at radius 3 is 2.91 bits per heavy atom. The van der Waals surface area contributed by atoms with Crippen LogP contribution >= 0.6 is 11.8 Å². The number of ether oxygens (including phenoxy) is 1. The van der Waals surface area contributed by atoms with Gasteiger partial charge in [0, 0.05) is 54.1 Å². The minimum atomic E-state index is -0.0400. The van der Waals surface area contributed by atoms with Crippen LogP contribution in [-0.2, 0) is 30.7 Å². The molecule has 0 spiro atoms. The molecule has 1 saturated heterocycles. The van der Waals surface area contributed by atoms with Crippen molar-refractivity contribution < 1.29 is 9.53 Å². The lowest BCUT2D eigenvalue weighted by Crippen LogP contribution is -2.30. The van der Waals surface area contributed by atoms with Gasteiger partial charge in [0.1, 0.15) is 0 Å². The van der Waals surface area contributed by atoms with E-state index in [0.717, 1.165) is 84.7 Å². The number of rotatable bonds is 7. The number of aromatic nitrogens is 3. The predicted octanol–water partition coefficient (Wildman–Crippen LogP) is 4.57. The first-order valence-corrected chi connectivity index (χ1v) is 13.4. The molecule has 3 aromatic rings. The number of fused-ring (bicyclic) bond motifs is 2. The van der Waals surface area contributed by atoms with Crippen LogP contribution in [-0.4, -0.2) is 45.7 Å². The Bertz CT molecular complexity index is 1190. The molecule has 1 fully saturated rings. The molecular formula is C26H33N5O2S.